The summed E-state index contributed by atoms with van der Waals surface area (Å²) in [4.78, 5) is 56.9. The zero-order valence-corrected chi connectivity index (χ0v) is 12.9. The van der Waals surface area contributed by atoms with Crippen molar-refractivity contribution >= 4 is 24.3 Å². The summed E-state index contributed by atoms with van der Waals surface area (Å²) in [5, 5.41) is 0. The fourth-order valence-corrected chi connectivity index (χ4v) is 5.43. The summed E-state index contributed by atoms with van der Waals surface area (Å²) in [7, 11) is 0. The Hall–Kier alpha value is -2.48. The predicted octanol–water partition coefficient (Wildman–Crippen LogP) is 1.28. The molecule has 0 N–H and O–H groups in total. The maximum atomic E-state index is 10.6. The second-order valence-electron chi connectivity index (χ2n) is 6.83. The lowest BCUT2D eigenvalue weighted by Gasteiger charge is -2.32. The molecule has 0 aromatic carbocycles. The zero-order chi connectivity index (χ0) is 17.1. The van der Waals surface area contributed by atoms with Crippen molar-refractivity contribution in [3.05, 3.63) is 0 Å². The third kappa shape index (κ3) is 2.73. The van der Waals surface area contributed by atoms with E-state index in [2.05, 4.69) is 20.0 Å². The number of nitrogens with zero attached hydrogens (tertiary/aromatic N) is 4. The topological polar surface area (TPSA) is 118 Å². The highest BCUT2D eigenvalue weighted by molar-refractivity contribution is 5.38. The molecule has 124 valence electrons. The molecule has 24 heavy (non-hydrogen) atoms. The Morgan fingerprint density at radius 1 is 0.625 bits per heavy atom. The van der Waals surface area contributed by atoms with Gasteiger partial charge in [-0.25, -0.2) is 19.2 Å². The van der Waals surface area contributed by atoms with Gasteiger partial charge in [-0.15, -0.1) is 0 Å². The summed E-state index contributed by atoms with van der Waals surface area (Å²) >= 11 is 0. The van der Waals surface area contributed by atoms with Gasteiger partial charge < -0.3 is 0 Å². The van der Waals surface area contributed by atoms with Crippen LogP contribution in [0.4, 0.5) is 0 Å². The van der Waals surface area contributed by atoms with Crippen LogP contribution in [0.3, 0.4) is 0 Å². The molecule has 0 radical (unpaired) electrons. The van der Waals surface area contributed by atoms with Crippen molar-refractivity contribution in [1.82, 2.24) is 0 Å². The van der Waals surface area contributed by atoms with Gasteiger partial charge in [-0.3, -0.25) is 0 Å². The Kier molecular flexibility index (Phi) is 4.75. The molecule has 3 saturated carbocycles. The smallest absolute Gasteiger partial charge is 0.211 e. The van der Waals surface area contributed by atoms with E-state index in [1.165, 1.54) is 24.3 Å². The first-order valence-corrected chi connectivity index (χ1v) is 8.01. The van der Waals surface area contributed by atoms with Gasteiger partial charge in [0, 0.05) is 11.8 Å². The SMILES string of the molecule is O=C=NC(N=C=O)C1CC2C3CC(C(N=C=O)N=C=O)C(C3)C2C1. The molecular formula is C16H16N4O4. The van der Waals surface area contributed by atoms with Crippen LogP contribution in [0.15, 0.2) is 20.0 Å². The van der Waals surface area contributed by atoms with E-state index >= 15 is 0 Å². The van der Waals surface area contributed by atoms with Crippen LogP contribution >= 0.6 is 0 Å². The molecular weight excluding hydrogens is 312 g/mol. The molecule has 0 saturated heterocycles. The Morgan fingerprint density at radius 3 is 1.75 bits per heavy atom. The molecule has 6 unspecified atom stereocenters. The van der Waals surface area contributed by atoms with Crippen molar-refractivity contribution in [3.63, 3.8) is 0 Å². The van der Waals surface area contributed by atoms with Gasteiger partial charge in [0.2, 0.25) is 24.3 Å². The van der Waals surface area contributed by atoms with Crippen LogP contribution in [-0.4, -0.2) is 36.7 Å². The second-order valence-corrected chi connectivity index (χ2v) is 6.83. The average molecular weight is 328 g/mol. The molecule has 0 spiro atoms. The number of carbonyl (C=O) groups excluding carboxylic acids is 4. The average Bonchev–Trinajstić information content (AvgIpc) is 3.25. The fourth-order valence-electron chi connectivity index (χ4n) is 5.43. The number of hydrogen-bond donors (Lipinski definition) is 0. The third-order valence-electron chi connectivity index (χ3n) is 6.10. The molecule has 0 aromatic rings. The number of aliphatic imine (C=N–C) groups is 4. The van der Waals surface area contributed by atoms with Gasteiger partial charge in [-0.05, 0) is 49.4 Å². The standard InChI is InChI=1S/C16H16N4O4/c21-5-17-15(18-6-22)10-3-11-9-1-13(12(11)4-10)14(2-9)16(19-7-23)20-8-24/h9-16H,1-4H2. The molecule has 2 bridgehead atoms. The van der Waals surface area contributed by atoms with Gasteiger partial charge in [-0.2, -0.15) is 20.0 Å². The Morgan fingerprint density at radius 2 is 1.17 bits per heavy atom. The Bertz CT molecular complexity index is 663. The van der Waals surface area contributed by atoms with Crippen LogP contribution in [0.1, 0.15) is 25.7 Å². The van der Waals surface area contributed by atoms with E-state index in [1.54, 1.807) is 0 Å². The third-order valence-corrected chi connectivity index (χ3v) is 6.10. The van der Waals surface area contributed by atoms with Crippen molar-refractivity contribution in [2.45, 2.75) is 38.0 Å². The molecule has 3 rings (SSSR count). The summed E-state index contributed by atoms with van der Waals surface area (Å²) in [5.41, 5.74) is 0. The summed E-state index contributed by atoms with van der Waals surface area (Å²) in [6.45, 7) is 0. The molecule has 6 atom stereocenters. The van der Waals surface area contributed by atoms with E-state index in [-0.39, 0.29) is 11.8 Å². The number of isocyanates is 4. The van der Waals surface area contributed by atoms with E-state index in [1.807, 2.05) is 0 Å². The van der Waals surface area contributed by atoms with Crippen LogP contribution in [0.25, 0.3) is 0 Å². The van der Waals surface area contributed by atoms with Gasteiger partial charge in [0.1, 0.15) is 0 Å². The first-order chi connectivity index (χ1) is 11.7. The zero-order valence-electron chi connectivity index (χ0n) is 12.9. The molecule has 3 aliphatic carbocycles. The van der Waals surface area contributed by atoms with E-state index in [9.17, 15) is 19.2 Å². The summed E-state index contributed by atoms with van der Waals surface area (Å²) in [6.07, 6.45) is 8.09. The van der Waals surface area contributed by atoms with Crippen molar-refractivity contribution in [2.75, 3.05) is 0 Å². The van der Waals surface area contributed by atoms with E-state index in [0.29, 0.717) is 23.7 Å². The summed E-state index contributed by atoms with van der Waals surface area (Å²) < 4.78 is 0. The van der Waals surface area contributed by atoms with Crippen LogP contribution in [-0.2, 0) is 19.2 Å². The van der Waals surface area contributed by atoms with Gasteiger partial charge in [-0.1, -0.05) is 0 Å². The minimum atomic E-state index is -0.708. The lowest BCUT2D eigenvalue weighted by molar-refractivity contribution is 0.169. The highest BCUT2D eigenvalue weighted by atomic mass is 16.1. The number of rotatable bonds is 6. The van der Waals surface area contributed by atoms with Gasteiger partial charge in [0.15, 0.2) is 12.3 Å². The predicted molar refractivity (Wildman–Crippen MR) is 79.5 cm³/mol. The van der Waals surface area contributed by atoms with Crippen molar-refractivity contribution in [1.29, 1.82) is 0 Å². The Labute approximate surface area is 137 Å². The van der Waals surface area contributed by atoms with Crippen LogP contribution < -0.4 is 0 Å². The molecule has 3 fully saturated rings. The molecule has 8 heteroatoms. The first-order valence-electron chi connectivity index (χ1n) is 8.01. The lowest BCUT2D eigenvalue weighted by atomic mass is 9.74. The quantitative estimate of drug-likeness (QED) is 0.539. The van der Waals surface area contributed by atoms with Crippen molar-refractivity contribution in [2.24, 2.45) is 55.5 Å². The van der Waals surface area contributed by atoms with E-state index < -0.39 is 12.3 Å². The van der Waals surface area contributed by atoms with Crippen LogP contribution in [0, 0.1) is 35.5 Å². The fraction of sp³-hybridized carbons (Fsp3) is 0.750. The van der Waals surface area contributed by atoms with Crippen LogP contribution in [0.2, 0.25) is 0 Å². The summed E-state index contributed by atoms with van der Waals surface area (Å²) in [6, 6.07) is 0. The first kappa shape index (κ1) is 16.4. The van der Waals surface area contributed by atoms with Crippen molar-refractivity contribution in [3.8, 4) is 0 Å². The molecule has 8 nitrogen and oxygen atoms in total. The number of hydrogen-bond acceptors (Lipinski definition) is 8. The Balaban J connectivity index is 1.77. The van der Waals surface area contributed by atoms with Gasteiger partial charge >= 0.3 is 0 Å². The monoisotopic (exact) mass is 328 g/mol. The highest BCUT2D eigenvalue weighted by Gasteiger charge is 2.58. The van der Waals surface area contributed by atoms with Crippen molar-refractivity contribution < 1.29 is 19.2 Å². The minimum absolute atomic E-state index is 0.0227. The normalized spacial score (nSPS) is 37.8. The summed E-state index contributed by atoms with van der Waals surface area (Å²) in [5.74, 6) is 1.72. The number of fused-ring (bicyclic) bond motifs is 5. The minimum Gasteiger partial charge on any atom is -0.211 e. The largest absolute Gasteiger partial charge is 0.237 e. The van der Waals surface area contributed by atoms with Gasteiger partial charge in [0.25, 0.3) is 0 Å². The molecule has 0 aliphatic heterocycles. The van der Waals surface area contributed by atoms with Gasteiger partial charge in [0.05, 0.1) is 0 Å². The molecule has 0 heterocycles. The molecule has 3 aliphatic rings. The van der Waals surface area contributed by atoms with E-state index in [0.717, 1.165) is 25.7 Å². The molecule has 0 amide bonds. The maximum Gasteiger partial charge on any atom is 0.237 e. The van der Waals surface area contributed by atoms with E-state index in [4.69, 9.17) is 0 Å². The lowest BCUT2D eigenvalue weighted by Crippen LogP contribution is -2.30. The highest BCUT2D eigenvalue weighted by Crippen LogP contribution is 2.63. The van der Waals surface area contributed by atoms with Crippen LogP contribution in [0.5, 0.6) is 0 Å². The second kappa shape index (κ2) is 6.96. The molecule has 0 aromatic heterocycles. The maximum absolute atomic E-state index is 10.6.